The van der Waals surface area contributed by atoms with Crippen LogP contribution >= 0.6 is 15.9 Å². The van der Waals surface area contributed by atoms with Crippen molar-refractivity contribution in [3.63, 3.8) is 0 Å². The van der Waals surface area contributed by atoms with Gasteiger partial charge in [-0.2, -0.15) is 4.98 Å². The molecular formula is C18H23BrN4O2. The summed E-state index contributed by atoms with van der Waals surface area (Å²) in [6.45, 7) is 5.99. The topological polar surface area (TPSA) is 50.7 Å². The van der Waals surface area contributed by atoms with Gasteiger partial charge in [-0.1, -0.05) is 0 Å². The molecule has 0 bridgehead atoms. The molecule has 3 rings (SSSR count). The van der Waals surface area contributed by atoms with E-state index >= 15 is 0 Å². The molecule has 6 nitrogen and oxygen atoms in total. The summed E-state index contributed by atoms with van der Waals surface area (Å²) in [4.78, 5) is 13.5. The van der Waals surface area contributed by atoms with E-state index in [1.807, 2.05) is 24.3 Å². The van der Waals surface area contributed by atoms with Crippen LogP contribution in [-0.4, -0.2) is 54.8 Å². The summed E-state index contributed by atoms with van der Waals surface area (Å²) < 4.78 is 11.4. The van der Waals surface area contributed by atoms with Crippen molar-refractivity contribution in [1.29, 1.82) is 0 Å². The fourth-order valence-electron chi connectivity index (χ4n) is 3.07. The molecule has 1 atom stereocenters. The first-order valence-corrected chi connectivity index (χ1v) is 9.08. The fourth-order valence-corrected chi connectivity index (χ4v) is 3.45. The Labute approximate surface area is 156 Å². The van der Waals surface area contributed by atoms with Gasteiger partial charge in [0, 0.05) is 44.5 Å². The summed E-state index contributed by atoms with van der Waals surface area (Å²) >= 11 is 3.46. The second-order valence-corrected chi connectivity index (χ2v) is 6.99. The van der Waals surface area contributed by atoms with Crippen LogP contribution in [0.15, 0.2) is 34.9 Å². The summed E-state index contributed by atoms with van der Waals surface area (Å²) in [6, 6.07) is 8.48. The predicted molar refractivity (Wildman–Crippen MR) is 101 cm³/mol. The van der Waals surface area contributed by atoms with Crippen molar-refractivity contribution in [2.75, 3.05) is 38.8 Å². The van der Waals surface area contributed by atoms with Crippen molar-refractivity contribution >= 4 is 21.7 Å². The highest BCUT2D eigenvalue weighted by molar-refractivity contribution is 9.10. The first-order chi connectivity index (χ1) is 12.1. The molecule has 1 unspecified atom stereocenters. The maximum Gasteiger partial charge on any atom is 0.229 e. The largest absolute Gasteiger partial charge is 0.481 e. The van der Waals surface area contributed by atoms with Crippen LogP contribution in [0.3, 0.4) is 0 Å². The lowest BCUT2D eigenvalue weighted by molar-refractivity contribution is 0.180. The zero-order chi connectivity index (χ0) is 17.8. The van der Waals surface area contributed by atoms with E-state index in [2.05, 4.69) is 42.6 Å². The summed E-state index contributed by atoms with van der Waals surface area (Å²) in [5, 5.41) is 0. The Hall–Kier alpha value is -1.86. The second kappa shape index (κ2) is 8.01. The highest BCUT2D eigenvalue weighted by atomic mass is 79.9. The van der Waals surface area contributed by atoms with E-state index in [1.165, 1.54) is 5.56 Å². The van der Waals surface area contributed by atoms with Gasteiger partial charge in [0.1, 0.15) is 5.82 Å². The highest BCUT2D eigenvalue weighted by Gasteiger charge is 2.25. The van der Waals surface area contributed by atoms with Crippen LogP contribution in [0.2, 0.25) is 0 Å². The quantitative estimate of drug-likeness (QED) is 0.760. The Bertz CT molecular complexity index is 728. The number of pyridine rings is 2. The van der Waals surface area contributed by atoms with E-state index in [0.29, 0.717) is 17.8 Å². The van der Waals surface area contributed by atoms with Gasteiger partial charge >= 0.3 is 0 Å². The summed E-state index contributed by atoms with van der Waals surface area (Å²) in [5.74, 6) is 2.24. The van der Waals surface area contributed by atoms with E-state index in [-0.39, 0.29) is 0 Å². The number of piperazine rings is 1. The van der Waals surface area contributed by atoms with Crippen LogP contribution < -0.4 is 14.4 Å². The van der Waals surface area contributed by atoms with Crippen LogP contribution in [0.5, 0.6) is 11.8 Å². The molecule has 0 aliphatic carbocycles. The molecule has 0 spiro atoms. The first kappa shape index (κ1) is 17.9. The van der Waals surface area contributed by atoms with Crippen molar-refractivity contribution in [1.82, 2.24) is 14.9 Å². The SMILES string of the molecule is COc1cc(CN2CCN(c3ccc(Br)c(OC)n3)CC2C)ccn1. The molecule has 1 fully saturated rings. The van der Waals surface area contributed by atoms with Gasteiger partial charge in [0.05, 0.1) is 18.7 Å². The van der Waals surface area contributed by atoms with Gasteiger partial charge in [-0.3, -0.25) is 4.90 Å². The molecule has 0 aromatic carbocycles. The number of rotatable bonds is 5. The Kier molecular flexibility index (Phi) is 5.75. The number of hydrogen-bond donors (Lipinski definition) is 0. The molecule has 7 heteroatoms. The molecule has 2 aromatic heterocycles. The minimum Gasteiger partial charge on any atom is -0.481 e. The lowest BCUT2D eigenvalue weighted by Crippen LogP contribution is -2.51. The van der Waals surface area contributed by atoms with E-state index in [0.717, 1.165) is 36.5 Å². The molecule has 25 heavy (non-hydrogen) atoms. The van der Waals surface area contributed by atoms with E-state index in [9.17, 15) is 0 Å². The first-order valence-electron chi connectivity index (χ1n) is 8.29. The van der Waals surface area contributed by atoms with E-state index < -0.39 is 0 Å². The molecule has 134 valence electrons. The van der Waals surface area contributed by atoms with Crippen molar-refractivity contribution in [3.05, 3.63) is 40.5 Å². The van der Waals surface area contributed by atoms with Gasteiger partial charge < -0.3 is 14.4 Å². The van der Waals surface area contributed by atoms with Crippen LogP contribution in [0, 0.1) is 0 Å². The predicted octanol–water partition coefficient (Wildman–Crippen LogP) is 2.97. The monoisotopic (exact) mass is 406 g/mol. The number of hydrogen-bond acceptors (Lipinski definition) is 6. The van der Waals surface area contributed by atoms with Crippen LogP contribution in [0.4, 0.5) is 5.82 Å². The lowest BCUT2D eigenvalue weighted by Gasteiger charge is -2.40. The number of anilines is 1. The molecule has 1 aliphatic rings. The fraction of sp³-hybridized carbons (Fsp3) is 0.444. The molecule has 1 aliphatic heterocycles. The third-order valence-corrected chi connectivity index (χ3v) is 5.08. The normalized spacial score (nSPS) is 18.2. The van der Waals surface area contributed by atoms with Crippen LogP contribution in [0.25, 0.3) is 0 Å². The summed E-state index contributed by atoms with van der Waals surface area (Å²) in [5.41, 5.74) is 1.22. The Morgan fingerprint density at radius 1 is 1.20 bits per heavy atom. The lowest BCUT2D eigenvalue weighted by atomic mass is 10.1. The molecule has 1 saturated heterocycles. The van der Waals surface area contributed by atoms with Crippen molar-refractivity contribution in [2.45, 2.75) is 19.5 Å². The Morgan fingerprint density at radius 2 is 2.04 bits per heavy atom. The number of ether oxygens (including phenoxy) is 2. The smallest absolute Gasteiger partial charge is 0.229 e. The Morgan fingerprint density at radius 3 is 2.76 bits per heavy atom. The Balaban J connectivity index is 1.66. The zero-order valence-corrected chi connectivity index (χ0v) is 16.4. The van der Waals surface area contributed by atoms with Gasteiger partial charge in [0.25, 0.3) is 0 Å². The molecule has 2 aromatic rings. The highest BCUT2D eigenvalue weighted by Crippen LogP contribution is 2.27. The zero-order valence-electron chi connectivity index (χ0n) is 14.8. The average molecular weight is 407 g/mol. The van der Waals surface area contributed by atoms with Crippen molar-refractivity contribution < 1.29 is 9.47 Å². The van der Waals surface area contributed by atoms with Gasteiger partial charge in [0.15, 0.2) is 0 Å². The molecule has 0 radical (unpaired) electrons. The van der Waals surface area contributed by atoms with Gasteiger partial charge in [-0.05, 0) is 46.6 Å². The number of aromatic nitrogens is 2. The molecule has 0 N–H and O–H groups in total. The maximum atomic E-state index is 5.31. The maximum absolute atomic E-state index is 5.31. The minimum absolute atomic E-state index is 0.421. The standard InChI is InChI=1S/C18H23BrN4O2/c1-13-11-23(16-5-4-15(19)18(21-16)25-3)9-8-22(13)12-14-6-7-20-17(10-14)24-2/h4-7,10,13H,8-9,11-12H2,1-3H3. The molecular weight excluding hydrogens is 384 g/mol. The van der Waals surface area contributed by atoms with Gasteiger partial charge in [0.2, 0.25) is 11.8 Å². The van der Waals surface area contributed by atoms with E-state index in [1.54, 1.807) is 20.4 Å². The van der Waals surface area contributed by atoms with Gasteiger partial charge in [-0.25, -0.2) is 4.98 Å². The van der Waals surface area contributed by atoms with E-state index in [4.69, 9.17) is 9.47 Å². The van der Waals surface area contributed by atoms with Crippen molar-refractivity contribution in [2.24, 2.45) is 0 Å². The number of nitrogens with zero attached hydrogens (tertiary/aromatic N) is 4. The minimum atomic E-state index is 0.421. The van der Waals surface area contributed by atoms with Gasteiger partial charge in [-0.15, -0.1) is 0 Å². The van der Waals surface area contributed by atoms with Crippen LogP contribution in [0.1, 0.15) is 12.5 Å². The average Bonchev–Trinajstić information content (AvgIpc) is 2.64. The second-order valence-electron chi connectivity index (χ2n) is 6.13. The third kappa shape index (κ3) is 4.22. The number of halogens is 1. The van der Waals surface area contributed by atoms with Crippen LogP contribution in [-0.2, 0) is 6.54 Å². The molecule has 0 saturated carbocycles. The molecule has 0 amide bonds. The molecule has 3 heterocycles. The summed E-state index contributed by atoms with van der Waals surface area (Å²) in [6.07, 6.45) is 1.80. The number of methoxy groups -OCH3 is 2. The third-order valence-electron chi connectivity index (χ3n) is 4.48. The van der Waals surface area contributed by atoms with Crippen molar-refractivity contribution in [3.8, 4) is 11.8 Å². The summed E-state index contributed by atoms with van der Waals surface area (Å²) in [7, 11) is 3.29.